The second-order valence-corrected chi connectivity index (χ2v) is 4.27. The number of hydrogen-bond acceptors (Lipinski definition) is 2. The van der Waals surface area contributed by atoms with Gasteiger partial charge in [0.2, 0.25) is 0 Å². The summed E-state index contributed by atoms with van der Waals surface area (Å²) in [6, 6.07) is 0. The summed E-state index contributed by atoms with van der Waals surface area (Å²) in [7, 11) is 0. The zero-order chi connectivity index (χ0) is 8.39. The third kappa shape index (κ3) is 1.80. The van der Waals surface area contributed by atoms with Gasteiger partial charge in [-0.2, -0.15) is 0 Å². The molecule has 0 aromatic heterocycles. The van der Waals surface area contributed by atoms with Gasteiger partial charge in [-0.25, -0.2) is 0 Å². The van der Waals surface area contributed by atoms with Crippen molar-refractivity contribution in [1.82, 2.24) is 5.32 Å². The van der Waals surface area contributed by atoms with Gasteiger partial charge in [-0.05, 0) is 56.5 Å². The Balaban J connectivity index is 1.85. The van der Waals surface area contributed by atoms with Crippen LogP contribution in [-0.4, -0.2) is 24.8 Å². The van der Waals surface area contributed by atoms with E-state index in [1.807, 2.05) is 0 Å². The molecule has 2 atom stereocenters. The zero-order valence-corrected chi connectivity index (χ0v) is 7.63. The van der Waals surface area contributed by atoms with Crippen molar-refractivity contribution in [2.45, 2.75) is 25.7 Å². The molecule has 0 amide bonds. The highest BCUT2D eigenvalue weighted by Gasteiger charge is 2.36. The molecule has 70 valence electrons. The van der Waals surface area contributed by atoms with E-state index in [4.69, 9.17) is 5.11 Å². The van der Waals surface area contributed by atoms with Crippen LogP contribution in [0.15, 0.2) is 0 Å². The average Bonchev–Trinajstić information content (AvgIpc) is 2.77. The van der Waals surface area contributed by atoms with Gasteiger partial charge in [0.15, 0.2) is 0 Å². The van der Waals surface area contributed by atoms with Gasteiger partial charge in [-0.3, -0.25) is 0 Å². The van der Waals surface area contributed by atoms with Gasteiger partial charge in [-0.1, -0.05) is 0 Å². The first-order valence-corrected chi connectivity index (χ1v) is 5.23. The number of rotatable bonds is 4. The van der Waals surface area contributed by atoms with Crippen LogP contribution in [0.25, 0.3) is 0 Å². The molecule has 2 heteroatoms. The molecule has 1 saturated heterocycles. The Hall–Kier alpha value is -0.0800. The molecule has 12 heavy (non-hydrogen) atoms. The fourth-order valence-corrected chi connectivity index (χ4v) is 2.57. The van der Waals surface area contributed by atoms with E-state index in [0.29, 0.717) is 6.61 Å². The van der Waals surface area contributed by atoms with Crippen molar-refractivity contribution in [3.05, 3.63) is 0 Å². The highest BCUT2D eigenvalue weighted by molar-refractivity contribution is 4.88. The standard InChI is InChI=1S/C10H19NO/c12-6-4-10(8-1-2-8)9-3-5-11-7-9/h8-12H,1-7H2. The predicted octanol–water partition coefficient (Wildman–Crippen LogP) is 1.00. The van der Waals surface area contributed by atoms with Gasteiger partial charge >= 0.3 is 0 Å². The van der Waals surface area contributed by atoms with Crippen LogP contribution in [0.3, 0.4) is 0 Å². The Morgan fingerprint density at radius 1 is 1.25 bits per heavy atom. The van der Waals surface area contributed by atoms with E-state index in [0.717, 1.165) is 24.2 Å². The number of aliphatic hydroxyl groups is 1. The molecule has 2 nitrogen and oxygen atoms in total. The van der Waals surface area contributed by atoms with E-state index in [2.05, 4.69) is 5.32 Å². The summed E-state index contributed by atoms with van der Waals surface area (Å²) in [6.07, 6.45) is 5.21. The summed E-state index contributed by atoms with van der Waals surface area (Å²) in [6.45, 7) is 2.78. The van der Waals surface area contributed by atoms with E-state index >= 15 is 0 Å². The Morgan fingerprint density at radius 2 is 2.08 bits per heavy atom. The molecule has 0 radical (unpaired) electrons. The van der Waals surface area contributed by atoms with Crippen LogP contribution in [0.4, 0.5) is 0 Å². The first-order valence-electron chi connectivity index (χ1n) is 5.23. The third-order valence-electron chi connectivity index (χ3n) is 3.39. The maximum Gasteiger partial charge on any atom is 0.0433 e. The quantitative estimate of drug-likeness (QED) is 0.658. The molecule has 0 aromatic rings. The molecular formula is C10H19NO. The highest BCUT2D eigenvalue weighted by Crippen LogP contribution is 2.43. The smallest absolute Gasteiger partial charge is 0.0433 e. The SMILES string of the molecule is OCCC(C1CC1)C1CCNC1. The van der Waals surface area contributed by atoms with Crippen molar-refractivity contribution in [3.63, 3.8) is 0 Å². The maximum absolute atomic E-state index is 8.95. The molecule has 2 unspecified atom stereocenters. The van der Waals surface area contributed by atoms with Crippen LogP contribution in [0, 0.1) is 17.8 Å². The van der Waals surface area contributed by atoms with E-state index in [-0.39, 0.29) is 0 Å². The normalized spacial score (nSPS) is 32.2. The Kier molecular flexibility index (Phi) is 2.66. The minimum atomic E-state index is 0.387. The Labute approximate surface area is 74.4 Å². The molecule has 2 rings (SSSR count). The fraction of sp³-hybridized carbons (Fsp3) is 1.00. The molecule has 0 aromatic carbocycles. The summed E-state index contributed by atoms with van der Waals surface area (Å²) >= 11 is 0. The Bertz CT molecular complexity index is 139. The van der Waals surface area contributed by atoms with E-state index in [9.17, 15) is 0 Å². The summed E-state index contributed by atoms with van der Waals surface area (Å²) in [5.74, 6) is 2.65. The van der Waals surface area contributed by atoms with Gasteiger partial charge in [0.05, 0.1) is 0 Å². The van der Waals surface area contributed by atoms with Crippen molar-refractivity contribution in [2.75, 3.05) is 19.7 Å². The minimum Gasteiger partial charge on any atom is -0.396 e. The monoisotopic (exact) mass is 169 g/mol. The fourth-order valence-electron chi connectivity index (χ4n) is 2.57. The van der Waals surface area contributed by atoms with E-state index < -0.39 is 0 Å². The summed E-state index contributed by atoms with van der Waals surface area (Å²) in [4.78, 5) is 0. The van der Waals surface area contributed by atoms with Crippen LogP contribution in [0.5, 0.6) is 0 Å². The molecule has 1 saturated carbocycles. The minimum absolute atomic E-state index is 0.387. The molecule has 1 heterocycles. The molecule has 1 aliphatic carbocycles. The number of hydrogen-bond donors (Lipinski definition) is 2. The van der Waals surface area contributed by atoms with Crippen molar-refractivity contribution < 1.29 is 5.11 Å². The summed E-state index contributed by atoms with van der Waals surface area (Å²) < 4.78 is 0. The first-order chi connectivity index (χ1) is 5.92. The third-order valence-corrected chi connectivity index (χ3v) is 3.39. The average molecular weight is 169 g/mol. The topological polar surface area (TPSA) is 32.3 Å². The van der Waals surface area contributed by atoms with Crippen LogP contribution < -0.4 is 5.32 Å². The molecule has 2 aliphatic rings. The lowest BCUT2D eigenvalue weighted by atomic mass is 9.85. The maximum atomic E-state index is 8.95. The van der Waals surface area contributed by atoms with Gasteiger partial charge < -0.3 is 10.4 Å². The summed E-state index contributed by atoms with van der Waals surface area (Å²) in [5, 5.41) is 12.4. The van der Waals surface area contributed by atoms with Crippen molar-refractivity contribution in [2.24, 2.45) is 17.8 Å². The number of aliphatic hydroxyl groups excluding tert-OH is 1. The molecule has 2 N–H and O–H groups in total. The van der Waals surface area contributed by atoms with E-state index in [1.54, 1.807) is 0 Å². The lowest BCUT2D eigenvalue weighted by molar-refractivity contribution is 0.208. The highest BCUT2D eigenvalue weighted by atomic mass is 16.3. The van der Waals surface area contributed by atoms with Gasteiger partial charge in [0.25, 0.3) is 0 Å². The molecule has 0 bridgehead atoms. The van der Waals surface area contributed by atoms with E-state index in [1.165, 1.54) is 32.4 Å². The van der Waals surface area contributed by atoms with Gasteiger partial charge in [0, 0.05) is 6.61 Å². The van der Waals surface area contributed by atoms with Crippen LogP contribution in [0.1, 0.15) is 25.7 Å². The lowest BCUT2D eigenvalue weighted by Gasteiger charge is -2.21. The Morgan fingerprint density at radius 3 is 2.58 bits per heavy atom. The molecule has 2 fully saturated rings. The summed E-state index contributed by atoms with van der Waals surface area (Å²) in [5.41, 5.74) is 0. The second-order valence-electron chi connectivity index (χ2n) is 4.27. The van der Waals surface area contributed by atoms with Crippen LogP contribution in [0.2, 0.25) is 0 Å². The van der Waals surface area contributed by atoms with Crippen molar-refractivity contribution in [3.8, 4) is 0 Å². The van der Waals surface area contributed by atoms with Crippen molar-refractivity contribution >= 4 is 0 Å². The van der Waals surface area contributed by atoms with Crippen LogP contribution >= 0.6 is 0 Å². The zero-order valence-electron chi connectivity index (χ0n) is 7.63. The largest absolute Gasteiger partial charge is 0.396 e. The van der Waals surface area contributed by atoms with Crippen LogP contribution in [-0.2, 0) is 0 Å². The predicted molar refractivity (Wildman–Crippen MR) is 48.9 cm³/mol. The van der Waals surface area contributed by atoms with Gasteiger partial charge in [0.1, 0.15) is 0 Å². The van der Waals surface area contributed by atoms with Gasteiger partial charge in [-0.15, -0.1) is 0 Å². The lowest BCUT2D eigenvalue weighted by Crippen LogP contribution is -2.20. The molecule has 1 aliphatic heterocycles. The number of nitrogens with one attached hydrogen (secondary N) is 1. The van der Waals surface area contributed by atoms with Crippen molar-refractivity contribution in [1.29, 1.82) is 0 Å². The first kappa shape index (κ1) is 8.52. The molecule has 0 spiro atoms. The second kappa shape index (κ2) is 3.75. The molecular weight excluding hydrogens is 150 g/mol.